The summed E-state index contributed by atoms with van der Waals surface area (Å²) in [5.41, 5.74) is 7.24. The van der Waals surface area contributed by atoms with Gasteiger partial charge in [0.05, 0.1) is 5.67 Å². The lowest BCUT2D eigenvalue weighted by atomic mass is 10.0. The van der Waals surface area contributed by atoms with Crippen LogP contribution >= 0.6 is 0 Å². The van der Waals surface area contributed by atoms with Crippen molar-refractivity contribution < 1.29 is 13.3 Å². The highest BCUT2D eigenvalue weighted by Gasteiger charge is 2.44. The second kappa shape index (κ2) is 8.00. The lowest BCUT2D eigenvalue weighted by Gasteiger charge is -2.29. The van der Waals surface area contributed by atoms with Crippen LogP contribution < -0.4 is 5.73 Å². The molecular weight excluding hydrogens is 234 g/mol. The molecule has 0 aliphatic rings. The van der Waals surface area contributed by atoms with Crippen molar-refractivity contribution in [2.75, 3.05) is 21.3 Å². The lowest BCUT2D eigenvalue weighted by Crippen LogP contribution is -2.58. The molecule has 0 heterocycles. The monoisotopic (exact) mass is 261 g/mol. The Bertz CT molecular complexity index is 232. The van der Waals surface area contributed by atoms with E-state index in [2.05, 4.69) is 26.8 Å². The first-order valence-electron chi connectivity index (χ1n) is 5.98. The molecule has 0 aliphatic heterocycles. The highest BCUT2D eigenvalue weighted by atomic mass is 28.4. The molecule has 2 N–H and O–H groups in total. The quantitative estimate of drug-likeness (QED) is 0.537. The molecule has 0 amide bonds. The minimum absolute atomic E-state index is 0.218. The molecule has 5 heteroatoms. The number of rotatable bonds is 8. The fourth-order valence-electron chi connectivity index (χ4n) is 1.90. The zero-order valence-corrected chi connectivity index (χ0v) is 12.9. The van der Waals surface area contributed by atoms with Gasteiger partial charge in [0.2, 0.25) is 0 Å². The summed E-state index contributed by atoms with van der Waals surface area (Å²) in [5, 5.41) is 0. The van der Waals surface area contributed by atoms with Crippen molar-refractivity contribution in [1.29, 1.82) is 0 Å². The van der Waals surface area contributed by atoms with Crippen LogP contribution in [0.1, 0.15) is 33.6 Å². The summed E-state index contributed by atoms with van der Waals surface area (Å²) in [5.74, 6) is 0.664. The van der Waals surface area contributed by atoms with Crippen molar-refractivity contribution in [3.63, 3.8) is 0 Å². The number of nitrogens with two attached hydrogens (primary N) is 1. The van der Waals surface area contributed by atoms with Crippen molar-refractivity contribution in [2.45, 2.75) is 39.3 Å². The van der Waals surface area contributed by atoms with Crippen LogP contribution in [0.4, 0.5) is 0 Å². The minimum Gasteiger partial charge on any atom is -0.376 e. The van der Waals surface area contributed by atoms with E-state index in [1.807, 2.05) is 0 Å². The molecule has 17 heavy (non-hydrogen) atoms. The van der Waals surface area contributed by atoms with Crippen LogP contribution in [0, 0.1) is 5.92 Å². The van der Waals surface area contributed by atoms with Gasteiger partial charge in [0, 0.05) is 21.3 Å². The van der Waals surface area contributed by atoms with E-state index >= 15 is 0 Å². The standard InChI is InChI=1S/C12H27NO3Si/c1-10(2)9-11(3)7-8-12(13)17(14-4,15-5)16-6/h7,10,12H,8-9,13H2,1-6H3. The van der Waals surface area contributed by atoms with Gasteiger partial charge in [0.25, 0.3) is 0 Å². The first-order valence-corrected chi connectivity index (χ1v) is 7.78. The molecule has 4 nitrogen and oxygen atoms in total. The molecule has 0 aromatic heterocycles. The first-order chi connectivity index (χ1) is 7.91. The smallest absolute Gasteiger partial charge is 0.376 e. The molecule has 0 rings (SSSR count). The van der Waals surface area contributed by atoms with Crippen LogP contribution in [-0.2, 0) is 13.3 Å². The average Bonchev–Trinajstić information content (AvgIpc) is 2.28. The Morgan fingerprint density at radius 2 is 1.65 bits per heavy atom. The van der Waals surface area contributed by atoms with Crippen LogP contribution in [0.5, 0.6) is 0 Å². The molecule has 1 atom stereocenters. The molecule has 0 aliphatic carbocycles. The predicted octanol–water partition coefficient (Wildman–Crippen LogP) is 2.11. The van der Waals surface area contributed by atoms with E-state index in [0.29, 0.717) is 5.92 Å². The van der Waals surface area contributed by atoms with Gasteiger partial charge < -0.3 is 19.0 Å². The van der Waals surface area contributed by atoms with Crippen molar-refractivity contribution in [2.24, 2.45) is 11.7 Å². The molecule has 0 saturated heterocycles. The molecule has 0 spiro atoms. The zero-order chi connectivity index (χ0) is 13.5. The third-order valence-corrected chi connectivity index (χ3v) is 5.61. The summed E-state index contributed by atoms with van der Waals surface area (Å²) in [7, 11) is 2.07. The Morgan fingerprint density at radius 3 is 2.00 bits per heavy atom. The van der Waals surface area contributed by atoms with Crippen LogP contribution in [0.3, 0.4) is 0 Å². The molecule has 0 aromatic rings. The van der Waals surface area contributed by atoms with E-state index < -0.39 is 8.80 Å². The van der Waals surface area contributed by atoms with Gasteiger partial charge in [-0.1, -0.05) is 25.5 Å². The predicted molar refractivity (Wildman–Crippen MR) is 72.6 cm³/mol. The van der Waals surface area contributed by atoms with E-state index in [-0.39, 0.29) is 5.67 Å². The third kappa shape index (κ3) is 5.31. The topological polar surface area (TPSA) is 53.7 Å². The largest absolute Gasteiger partial charge is 0.518 e. The number of hydrogen-bond acceptors (Lipinski definition) is 4. The van der Waals surface area contributed by atoms with Gasteiger partial charge in [-0.05, 0) is 25.7 Å². The maximum atomic E-state index is 6.11. The lowest BCUT2D eigenvalue weighted by molar-refractivity contribution is 0.113. The highest BCUT2D eigenvalue weighted by Crippen LogP contribution is 2.16. The van der Waals surface area contributed by atoms with Gasteiger partial charge in [0.1, 0.15) is 0 Å². The fraction of sp³-hybridized carbons (Fsp3) is 0.833. The second-order valence-corrected chi connectivity index (χ2v) is 7.88. The van der Waals surface area contributed by atoms with Gasteiger partial charge in [0.15, 0.2) is 0 Å². The Morgan fingerprint density at radius 1 is 1.18 bits per heavy atom. The van der Waals surface area contributed by atoms with E-state index in [0.717, 1.165) is 12.8 Å². The second-order valence-electron chi connectivity index (χ2n) is 4.71. The molecule has 1 unspecified atom stereocenters. The molecule has 0 saturated carbocycles. The van der Waals surface area contributed by atoms with E-state index in [9.17, 15) is 0 Å². The van der Waals surface area contributed by atoms with Crippen LogP contribution in [0.25, 0.3) is 0 Å². The SMILES string of the molecule is CO[Si](OC)(OC)C(N)CC=C(C)CC(C)C. The summed E-state index contributed by atoms with van der Waals surface area (Å²) in [6, 6.07) is 0. The normalized spacial score (nSPS) is 15.4. The van der Waals surface area contributed by atoms with Crippen LogP contribution in [0.2, 0.25) is 0 Å². The van der Waals surface area contributed by atoms with Crippen molar-refractivity contribution in [3.8, 4) is 0 Å². The van der Waals surface area contributed by atoms with Crippen molar-refractivity contribution in [1.82, 2.24) is 0 Å². The van der Waals surface area contributed by atoms with Crippen LogP contribution in [-0.4, -0.2) is 35.8 Å². The summed E-state index contributed by atoms with van der Waals surface area (Å²) >= 11 is 0. The van der Waals surface area contributed by atoms with Crippen LogP contribution in [0.15, 0.2) is 11.6 Å². The Kier molecular flexibility index (Phi) is 7.90. The maximum Gasteiger partial charge on any atom is 0.518 e. The Hall–Kier alpha value is -0.203. The summed E-state index contributed by atoms with van der Waals surface area (Å²) in [4.78, 5) is 0. The van der Waals surface area contributed by atoms with Gasteiger partial charge >= 0.3 is 8.80 Å². The van der Waals surface area contributed by atoms with Gasteiger partial charge in [-0.3, -0.25) is 0 Å². The summed E-state index contributed by atoms with van der Waals surface area (Å²) in [6.45, 7) is 6.54. The van der Waals surface area contributed by atoms with Gasteiger partial charge in [-0.15, -0.1) is 0 Å². The third-order valence-electron chi connectivity index (χ3n) is 2.76. The Balaban J connectivity index is 4.46. The van der Waals surface area contributed by atoms with Gasteiger partial charge in [-0.2, -0.15) is 0 Å². The Labute approximate surface area is 106 Å². The first kappa shape index (κ1) is 16.8. The van der Waals surface area contributed by atoms with Gasteiger partial charge in [-0.25, -0.2) is 0 Å². The number of allylic oxidation sites excluding steroid dienone is 1. The summed E-state index contributed by atoms with van der Waals surface area (Å²) in [6.07, 6.45) is 3.97. The number of hydrogen-bond donors (Lipinski definition) is 1. The molecule has 0 fully saturated rings. The summed E-state index contributed by atoms with van der Waals surface area (Å²) < 4.78 is 16.1. The maximum absolute atomic E-state index is 6.11. The zero-order valence-electron chi connectivity index (χ0n) is 11.9. The molecule has 0 aromatic carbocycles. The molecule has 0 bridgehead atoms. The molecule has 102 valence electrons. The van der Waals surface area contributed by atoms with Crippen molar-refractivity contribution >= 4 is 8.80 Å². The highest BCUT2D eigenvalue weighted by molar-refractivity contribution is 6.62. The van der Waals surface area contributed by atoms with E-state index in [4.69, 9.17) is 19.0 Å². The molecule has 0 radical (unpaired) electrons. The average molecular weight is 261 g/mol. The van der Waals surface area contributed by atoms with E-state index in [1.165, 1.54) is 5.57 Å². The molecular formula is C12H27NO3Si. The minimum atomic E-state index is -2.69. The van der Waals surface area contributed by atoms with Crippen molar-refractivity contribution in [3.05, 3.63) is 11.6 Å². The fourth-order valence-corrected chi connectivity index (χ4v) is 3.72. The van der Waals surface area contributed by atoms with E-state index in [1.54, 1.807) is 21.3 Å².